The first-order chi connectivity index (χ1) is 10.1. The van der Waals surface area contributed by atoms with Gasteiger partial charge in [-0.05, 0) is 37.1 Å². The van der Waals surface area contributed by atoms with Crippen LogP contribution in [0, 0.1) is 5.92 Å². The summed E-state index contributed by atoms with van der Waals surface area (Å²) in [6, 6.07) is 3.24. The van der Waals surface area contributed by atoms with Gasteiger partial charge in [-0.1, -0.05) is 12.5 Å². The number of amides is 3. The summed E-state index contributed by atoms with van der Waals surface area (Å²) in [7, 11) is 0. The van der Waals surface area contributed by atoms with Crippen LogP contribution in [0.4, 0.5) is 4.79 Å². The van der Waals surface area contributed by atoms with Gasteiger partial charge in [-0.3, -0.25) is 4.79 Å². The quantitative estimate of drug-likeness (QED) is 0.799. The van der Waals surface area contributed by atoms with Crippen molar-refractivity contribution in [3.8, 4) is 0 Å². The van der Waals surface area contributed by atoms with Crippen molar-refractivity contribution >= 4 is 23.3 Å². The molecule has 1 aliphatic heterocycles. The van der Waals surface area contributed by atoms with Crippen molar-refractivity contribution in [1.82, 2.24) is 16.0 Å². The third-order valence-electron chi connectivity index (χ3n) is 4.12. The van der Waals surface area contributed by atoms with Crippen molar-refractivity contribution in [2.45, 2.75) is 32.2 Å². The smallest absolute Gasteiger partial charge is 0.319 e. The summed E-state index contributed by atoms with van der Waals surface area (Å²) < 4.78 is 0. The van der Waals surface area contributed by atoms with Crippen molar-refractivity contribution < 1.29 is 9.59 Å². The summed E-state index contributed by atoms with van der Waals surface area (Å²) in [6.45, 7) is 2.50. The fraction of sp³-hybridized carbons (Fsp3) is 0.467. The molecule has 3 amide bonds. The second kappa shape index (κ2) is 5.89. The second-order valence-corrected chi connectivity index (χ2v) is 6.57. The van der Waals surface area contributed by atoms with Gasteiger partial charge < -0.3 is 16.0 Å². The van der Waals surface area contributed by atoms with E-state index in [1.807, 2.05) is 17.5 Å². The van der Waals surface area contributed by atoms with E-state index in [-0.39, 0.29) is 18.0 Å². The topological polar surface area (TPSA) is 70.2 Å². The summed E-state index contributed by atoms with van der Waals surface area (Å²) in [5, 5.41) is 10.5. The van der Waals surface area contributed by atoms with Crippen molar-refractivity contribution in [2.75, 3.05) is 6.54 Å². The monoisotopic (exact) mass is 305 g/mol. The highest BCUT2D eigenvalue weighted by Gasteiger charge is 2.32. The third kappa shape index (κ3) is 2.95. The predicted octanol–water partition coefficient (Wildman–Crippen LogP) is 2.29. The van der Waals surface area contributed by atoms with Crippen LogP contribution >= 0.6 is 11.3 Å². The molecule has 1 aromatic rings. The molecule has 21 heavy (non-hydrogen) atoms. The van der Waals surface area contributed by atoms with Gasteiger partial charge in [0.15, 0.2) is 0 Å². The maximum Gasteiger partial charge on any atom is 0.319 e. The standard InChI is InChI=1S/C15H19N3O2S/c1-9-12(14(19)16-8-10-4-2-5-10)13(18-15(20)17-9)11-6-3-7-21-11/h3,6-7,10,13H,2,4-5,8H2,1H3,(H,16,19)(H2,17,18,20). The summed E-state index contributed by atoms with van der Waals surface area (Å²) >= 11 is 1.54. The molecular formula is C15H19N3O2S. The zero-order valence-corrected chi connectivity index (χ0v) is 12.8. The van der Waals surface area contributed by atoms with Gasteiger partial charge >= 0.3 is 6.03 Å². The maximum absolute atomic E-state index is 12.5. The largest absolute Gasteiger partial charge is 0.352 e. The lowest BCUT2D eigenvalue weighted by molar-refractivity contribution is -0.118. The number of carbonyl (C=O) groups excluding carboxylic acids is 2. The van der Waals surface area contributed by atoms with E-state index in [1.165, 1.54) is 30.6 Å². The number of urea groups is 1. The Morgan fingerprint density at radius 3 is 2.90 bits per heavy atom. The van der Waals surface area contributed by atoms with Crippen molar-refractivity contribution in [1.29, 1.82) is 0 Å². The molecule has 0 aromatic carbocycles. The minimum atomic E-state index is -0.361. The molecule has 1 aromatic heterocycles. The Kier molecular flexibility index (Phi) is 3.96. The molecule has 1 aliphatic carbocycles. The number of hydrogen-bond acceptors (Lipinski definition) is 3. The minimum absolute atomic E-state index is 0.0923. The summed E-state index contributed by atoms with van der Waals surface area (Å²) in [4.78, 5) is 25.2. The Labute approximate surface area is 127 Å². The van der Waals surface area contributed by atoms with E-state index < -0.39 is 0 Å². The number of nitrogens with one attached hydrogen (secondary N) is 3. The van der Waals surface area contributed by atoms with Gasteiger partial charge in [0.05, 0.1) is 11.6 Å². The second-order valence-electron chi connectivity index (χ2n) is 5.59. The van der Waals surface area contributed by atoms with Crippen LogP contribution in [0.1, 0.15) is 37.1 Å². The number of thiophene rings is 1. The Hall–Kier alpha value is -1.82. The van der Waals surface area contributed by atoms with Gasteiger partial charge in [0.2, 0.25) is 0 Å². The predicted molar refractivity (Wildman–Crippen MR) is 81.8 cm³/mol. The number of hydrogen-bond donors (Lipinski definition) is 3. The Balaban J connectivity index is 1.79. The molecule has 2 heterocycles. The van der Waals surface area contributed by atoms with Gasteiger partial charge in [-0.15, -0.1) is 11.3 Å². The van der Waals surface area contributed by atoms with Crippen LogP contribution in [-0.4, -0.2) is 18.5 Å². The zero-order valence-electron chi connectivity index (χ0n) is 11.9. The summed E-state index contributed by atoms with van der Waals surface area (Å²) in [5.41, 5.74) is 1.24. The zero-order chi connectivity index (χ0) is 14.8. The highest BCUT2D eigenvalue weighted by molar-refractivity contribution is 7.10. The van der Waals surface area contributed by atoms with Gasteiger partial charge in [0.1, 0.15) is 0 Å². The molecule has 1 fully saturated rings. The number of carbonyl (C=O) groups is 2. The van der Waals surface area contributed by atoms with Crippen molar-refractivity contribution in [2.24, 2.45) is 5.92 Å². The third-order valence-corrected chi connectivity index (χ3v) is 5.05. The van der Waals surface area contributed by atoms with Crippen LogP contribution in [0.25, 0.3) is 0 Å². The molecule has 6 heteroatoms. The van der Waals surface area contributed by atoms with E-state index in [0.717, 1.165) is 11.4 Å². The first-order valence-electron chi connectivity index (χ1n) is 7.25. The molecule has 1 saturated carbocycles. The van der Waals surface area contributed by atoms with Gasteiger partial charge in [-0.25, -0.2) is 4.79 Å². The van der Waals surface area contributed by atoms with Crippen LogP contribution in [-0.2, 0) is 4.79 Å². The lowest BCUT2D eigenvalue weighted by atomic mass is 9.85. The molecule has 0 spiro atoms. The lowest BCUT2D eigenvalue weighted by Crippen LogP contribution is -2.47. The van der Waals surface area contributed by atoms with Gasteiger partial charge in [0, 0.05) is 17.1 Å². The number of rotatable bonds is 4. The van der Waals surface area contributed by atoms with E-state index in [9.17, 15) is 9.59 Å². The molecule has 0 saturated heterocycles. The molecule has 0 bridgehead atoms. The molecule has 3 rings (SSSR count). The minimum Gasteiger partial charge on any atom is -0.352 e. The fourth-order valence-electron chi connectivity index (χ4n) is 2.69. The lowest BCUT2D eigenvalue weighted by Gasteiger charge is -2.29. The molecule has 5 nitrogen and oxygen atoms in total. The van der Waals surface area contributed by atoms with Crippen LogP contribution in [0.2, 0.25) is 0 Å². The maximum atomic E-state index is 12.5. The van der Waals surface area contributed by atoms with E-state index in [0.29, 0.717) is 17.2 Å². The SMILES string of the molecule is CC1=C(C(=O)NCC2CCC2)C(c2cccs2)NC(=O)N1. The van der Waals surface area contributed by atoms with Crippen molar-refractivity contribution in [3.63, 3.8) is 0 Å². The van der Waals surface area contributed by atoms with Gasteiger partial charge in [-0.2, -0.15) is 0 Å². The molecule has 1 unspecified atom stereocenters. The van der Waals surface area contributed by atoms with Crippen LogP contribution in [0.3, 0.4) is 0 Å². The Morgan fingerprint density at radius 1 is 1.48 bits per heavy atom. The first-order valence-corrected chi connectivity index (χ1v) is 8.13. The number of allylic oxidation sites excluding steroid dienone is 1. The fourth-order valence-corrected chi connectivity index (χ4v) is 3.48. The van der Waals surface area contributed by atoms with Crippen LogP contribution < -0.4 is 16.0 Å². The molecule has 2 aliphatic rings. The molecule has 112 valence electrons. The van der Waals surface area contributed by atoms with Crippen molar-refractivity contribution in [3.05, 3.63) is 33.7 Å². The van der Waals surface area contributed by atoms with Crippen LogP contribution in [0.15, 0.2) is 28.8 Å². The highest BCUT2D eigenvalue weighted by Crippen LogP contribution is 2.30. The average molecular weight is 305 g/mol. The Bertz CT molecular complexity index is 576. The van der Waals surface area contributed by atoms with E-state index in [1.54, 1.807) is 6.92 Å². The molecule has 1 atom stereocenters. The first kappa shape index (κ1) is 14.1. The normalized spacial score (nSPS) is 22.3. The van der Waals surface area contributed by atoms with E-state index in [4.69, 9.17) is 0 Å². The molecule has 3 N–H and O–H groups in total. The average Bonchev–Trinajstić information content (AvgIpc) is 2.89. The van der Waals surface area contributed by atoms with Gasteiger partial charge in [0.25, 0.3) is 5.91 Å². The van der Waals surface area contributed by atoms with Crippen LogP contribution in [0.5, 0.6) is 0 Å². The molecule has 0 radical (unpaired) electrons. The van der Waals surface area contributed by atoms with E-state index >= 15 is 0 Å². The highest BCUT2D eigenvalue weighted by atomic mass is 32.1. The summed E-state index contributed by atoms with van der Waals surface area (Å²) in [5.74, 6) is 0.520. The summed E-state index contributed by atoms with van der Waals surface area (Å²) in [6.07, 6.45) is 3.65. The molecular weight excluding hydrogens is 286 g/mol. The van der Waals surface area contributed by atoms with E-state index in [2.05, 4.69) is 16.0 Å². The Morgan fingerprint density at radius 2 is 2.29 bits per heavy atom.